The number of nitrogens with zero attached hydrogens (tertiary/aromatic N) is 3. The van der Waals surface area contributed by atoms with Crippen molar-refractivity contribution >= 4 is 11.0 Å². The van der Waals surface area contributed by atoms with Crippen LogP contribution in [0.2, 0.25) is 0 Å². The summed E-state index contributed by atoms with van der Waals surface area (Å²) in [5, 5.41) is 18.9. The van der Waals surface area contributed by atoms with Gasteiger partial charge in [0.2, 0.25) is 0 Å². The molecular formula is C17H19N3O. The minimum Gasteiger partial charge on any atom is -0.505 e. The molecule has 3 rings (SSSR count). The van der Waals surface area contributed by atoms with Crippen LogP contribution in [0.5, 0.6) is 5.75 Å². The lowest BCUT2D eigenvalue weighted by atomic mass is 10.0. The number of aromatic nitrogens is 3. The number of hydrogen-bond donors (Lipinski definition) is 1. The van der Waals surface area contributed by atoms with Crippen molar-refractivity contribution in [3.05, 3.63) is 47.5 Å². The van der Waals surface area contributed by atoms with Crippen molar-refractivity contribution in [1.82, 2.24) is 15.0 Å². The van der Waals surface area contributed by atoms with E-state index in [1.807, 2.05) is 43.3 Å². The molecule has 1 aromatic heterocycles. The summed E-state index contributed by atoms with van der Waals surface area (Å²) < 4.78 is 1.72. The van der Waals surface area contributed by atoms with Crippen molar-refractivity contribution < 1.29 is 5.11 Å². The quantitative estimate of drug-likeness (QED) is 0.791. The summed E-state index contributed by atoms with van der Waals surface area (Å²) in [6.07, 6.45) is 3.05. The van der Waals surface area contributed by atoms with Gasteiger partial charge >= 0.3 is 0 Å². The van der Waals surface area contributed by atoms with Crippen LogP contribution in [0.1, 0.15) is 30.9 Å². The number of benzene rings is 2. The highest BCUT2D eigenvalue weighted by atomic mass is 16.3. The first-order valence-electron chi connectivity index (χ1n) is 7.34. The van der Waals surface area contributed by atoms with E-state index in [0.29, 0.717) is 11.4 Å². The SMILES string of the molecule is CCCCc1cc(C)cc(-n2nnc3ccccc32)c1O. The van der Waals surface area contributed by atoms with Crippen molar-refractivity contribution in [2.75, 3.05) is 0 Å². The first-order chi connectivity index (χ1) is 10.2. The van der Waals surface area contributed by atoms with Crippen LogP contribution in [0.25, 0.3) is 16.7 Å². The fourth-order valence-electron chi connectivity index (χ4n) is 2.60. The monoisotopic (exact) mass is 281 g/mol. The molecule has 0 saturated carbocycles. The summed E-state index contributed by atoms with van der Waals surface area (Å²) in [5.41, 5.74) is 4.53. The van der Waals surface area contributed by atoms with Gasteiger partial charge in [0, 0.05) is 0 Å². The van der Waals surface area contributed by atoms with Crippen molar-refractivity contribution in [1.29, 1.82) is 0 Å². The van der Waals surface area contributed by atoms with E-state index in [1.54, 1.807) is 4.68 Å². The predicted octanol–water partition coefficient (Wildman–Crippen LogP) is 3.78. The molecule has 0 atom stereocenters. The molecule has 0 radical (unpaired) electrons. The summed E-state index contributed by atoms with van der Waals surface area (Å²) in [6.45, 7) is 4.19. The molecule has 0 saturated heterocycles. The molecule has 1 heterocycles. The maximum absolute atomic E-state index is 10.6. The highest BCUT2D eigenvalue weighted by Crippen LogP contribution is 2.30. The smallest absolute Gasteiger partial charge is 0.144 e. The number of phenolic OH excluding ortho intramolecular Hbond substituents is 1. The molecule has 21 heavy (non-hydrogen) atoms. The number of aryl methyl sites for hydroxylation is 2. The second-order valence-electron chi connectivity index (χ2n) is 5.39. The average molecular weight is 281 g/mol. The molecule has 0 bridgehead atoms. The van der Waals surface area contributed by atoms with Crippen molar-refractivity contribution in [2.24, 2.45) is 0 Å². The second-order valence-corrected chi connectivity index (χ2v) is 5.39. The van der Waals surface area contributed by atoms with Crippen molar-refractivity contribution in [3.8, 4) is 11.4 Å². The maximum atomic E-state index is 10.6. The third-order valence-corrected chi connectivity index (χ3v) is 3.69. The predicted molar refractivity (Wildman–Crippen MR) is 83.9 cm³/mol. The average Bonchev–Trinajstić information content (AvgIpc) is 2.91. The lowest BCUT2D eigenvalue weighted by Gasteiger charge is -2.11. The molecule has 0 aliphatic carbocycles. The minimum absolute atomic E-state index is 0.310. The van der Waals surface area contributed by atoms with E-state index >= 15 is 0 Å². The Balaban J connectivity index is 2.15. The molecule has 0 aliphatic heterocycles. The van der Waals surface area contributed by atoms with Gasteiger partial charge in [0.15, 0.2) is 0 Å². The number of para-hydroxylation sites is 1. The number of unbranched alkanes of at least 4 members (excludes halogenated alkanes) is 1. The Hall–Kier alpha value is -2.36. The van der Waals surface area contributed by atoms with Gasteiger partial charge in [-0.25, -0.2) is 4.68 Å². The Kier molecular flexibility index (Phi) is 3.60. The van der Waals surface area contributed by atoms with E-state index < -0.39 is 0 Å². The first-order valence-corrected chi connectivity index (χ1v) is 7.34. The topological polar surface area (TPSA) is 50.9 Å². The molecular weight excluding hydrogens is 262 g/mol. The van der Waals surface area contributed by atoms with E-state index in [2.05, 4.69) is 17.2 Å². The van der Waals surface area contributed by atoms with Crippen LogP contribution >= 0.6 is 0 Å². The third kappa shape index (κ3) is 2.49. The van der Waals surface area contributed by atoms with E-state index in [1.165, 1.54) is 0 Å². The van der Waals surface area contributed by atoms with Crippen LogP contribution in [0.3, 0.4) is 0 Å². The van der Waals surface area contributed by atoms with E-state index in [9.17, 15) is 5.11 Å². The van der Waals surface area contributed by atoms with E-state index in [0.717, 1.165) is 41.4 Å². The molecule has 0 aliphatic rings. The molecule has 0 amide bonds. The highest BCUT2D eigenvalue weighted by Gasteiger charge is 2.14. The van der Waals surface area contributed by atoms with Crippen molar-refractivity contribution in [3.63, 3.8) is 0 Å². The molecule has 0 spiro atoms. The molecule has 4 nitrogen and oxygen atoms in total. The Bertz CT molecular complexity index is 777. The van der Waals surface area contributed by atoms with Crippen LogP contribution in [-0.2, 0) is 6.42 Å². The molecule has 108 valence electrons. The van der Waals surface area contributed by atoms with Crippen LogP contribution in [0.15, 0.2) is 36.4 Å². The minimum atomic E-state index is 0.310. The highest BCUT2D eigenvalue weighted by molar-refractivity contribution is 5.76. The number of phenols is 1. The summed E-state index contributed by atoms with van der Waals surface area (Å²) in [7, 11) is 0. The summed E-state index contributed by atoms with van der Waals surface area (Å²) in [4.78, 5) is 0. The summed E-state index contributed by atoms with van der Waals surface area (Å²) >= 11 is 0. The fourth-order valence-corrected chi connectivity index (χ4v) is 2.60. The van der Waals surface area contributed by atoms with Gasteiger partial charge in [0.25, 0.3) is 0 Å². The van der Waals surface area contributed by atoms with Gasteiger partial charge in [-0.2, -0.15) is 0 Å². The molecule has 0 fully saturated rings. The molecule has 0 unspecified atom stereocenters. The van der Waals surface area contributed by atoms with Crippen LogP contribution in [0.4, 0.5) is 0 Å². The molecule has 1 N–H and O–H groups in total. The van der Waals surface area contributed by atoms with Crippen LogP contribution in [0, 0.1) is 6.92 Å². The zero-order chi connectivity index (χ0) is 14.8. The maximum Gasteiger partial charge on any atom is 0.144 e. The van der Waals surface area contributed by atoms with Crippen LogP contribution in [-0.4, -0.2) is 20.1 Å². The second kappa shape index (κ2) is 5.56. The Morgan fingerprint density at radius 2 is 2.00 bits per heavy atom. The zero-order valence-corrected chi connectivity index (χ0v) is 12.4. The van der Waals surface area contributed by atoms with Gasteiger partial charge in [0.1, 0.15) is 17.0 Å². The lowest BCUT2D eigenvalue weighted by Crippen LogP contribution is -2.00. The number of aromatic hydroxyl groups is 1. The molecule has 4 heteroatoms. The van der Waals surface area contributed by atoms with Gasteiger partial charge in [-0.05, 0) is 49.1 Å². The van der Waals surface area contributed by atoms with E-state index in [-0.39, 0.29) is 0 Å². The van der Waals surface area contributed by atoms with Crippen LogP contribution < -0.4 is 0 Å². The summed E-state index contributed by atoms with van der Waals surface area (Å²) in [5.74, 6) is 0.310. The third-order valence-electron chi connectivity index (χ3n) is 3.69. The van der Waals surface area contributed by atoms with Gasteiger partial charge in [-0.15, -0.1) is 5.10 Å². The van der Waals surface area contributed by atoms with Gasteiger partial charge in [-0.3, -0.25) is 0 Å². The standard InChI is InChI=1S/C17H19N3O/c1-3-4-7-13-10-12(2)11-16(17(13)21)20-15-9-6-5-8-14(15)18-19-20/h5-6,8-11,21H,3-4,7H2,1-2H3. The van der Waals surface area contributed by atoms with E-state index in [4.69, 9.17) is 0 Å². The van der Waals surface area contributed by atoms with Gasteiger partial charge in [0.05, 0.1) is 5.52 Å². The summed E-state index contributed by atoms with van der Waals surface area (Å²) in [6, 6.07) is 11.8. The van der Waals surface area contributed by atoms with Gasteiger partial charge < -0.3 is 5.11 Å². The normalized spacial score (nSPS) is 11.1. The number of hydrogen-bond acceptors (Lipinski definition) is 3. The van der Waals surface area contributed by atoms with Crippen molar-refractivity contribution in [2.45, 2.75) is 33.1 Å². The zero-order valence-electron chi connectivity index (χ0n) is 12.4. The first kappa shape index (κ1) is 13.6. The Morgan fingerprint density at radius 1 is 1.19 bits per heavy atom. The molecule has 3 aromatic rings. The largest absolute Gasteiger partial charge is 0.505 e. The fraction of sp³-hybridized carbons (Fsp3) is 0.294. The number of fused-ring (bicyclic) bond motifs is 1. The Labute approximate surface area is 124 Å². The molecule has 2 aromatic carbocycles. The number of rotatable bonds is 4. The lowest BCUT2D eigenvalue weighted by molar-refractivity contribution is 0.462. The van der Waals surface area contributed by atoms with Gasteiger partial charge in [-0.1, -0.05) is 36.8 Å². The Morgan fingerprint density at radius 3 is 2.81 bits per heavy atom.